The predicted octanol–water partition coefficient (Wildman–Crippen LogP) is 4.25. The number of hydrogen-bond acceptors (Lipinski definition) is 4. The standard InChI is InChI=1S/C19H28N4S/c1-14(2)11-23-17(24-13-19(23)8-5-6-9-19)22-16-7-10-18(4,12-20)15(3)21-16/h7,10,14-15H,5-6,8-9,11,13H2,1-4H3. The first-order valence-corrected chi connectivity index (χ1v) is 10.0. The van der Waals surface area contributed by atoms with E-state index in [1.807, 2.05) is 37.8 Å². The summed E-state index contributed by atoms with van der Waals surface area (Å²) < 4.78 is 0. The molecule has 130 valence electrons. The second kappa shape index (κ2) is 6.55. The number of rotatable bonds is 2. The summed E-state index contributed by atoms with van der Waals surface area (Å²) >= 11 is 1.89. The third-order valence-corrected chi connectivity index (χ3v) is 6.83. The summed E-state index contributed by atoms with van der Waals surface area (Å²) in [7, 11) is 0. The Hall–Kier alpha value is -1.28. The minimum absolute atomic E-state index is 0.0581. The van der Waals surface area contributed by atoms with Gasteiger partial charge in [0.1, 0.15) is 5.84 Å². The largest absolute Gasteiger partial charge is 0.344 e. The summed E-state index contributed by atoms with van der Waals surface area (Å²) in [6.07, 6.45) is 9.13. The first kappa shape index (κ1) is 17.5. The predicted molar refractivity (Wildman–Crippen MR) is 102 cm³/mol. The molecule has 2 heterocycles. The molecule has 1 aliphatic carbocycles. The highest BCUT2D eigenvalue weighted by Gasteiger charge is 2.46. The lowest BCUT2D eigenvalue weighted by Gasteiger charge is -2.37. The minimum atomic E-state index is -0.517. The normalized spacial score (nSPS) is 33.5. The van der Waals surface area contributed by atoms with Crippen LogP contribution in [0.3, 0.4) is 0 Å². The summed E-state index contributed by atoms with van der Waals surface area (Å²) in [5, 5.41) is 10.5. The summed E-state index contributed by atoms with van der Waals surface area (Å²) in [5.41, 5.74) is -0.198. The quantitative estimate of drug-likeness (QED) is 0.752. The number of aliphatic imine (C=N–C) groups is 2. The van der Waals surface area contributed by atoms with Crippen LogP contribution in [0.25, 0.3) is 0 Å². The molecule has 1 saturated carbocycles. The van der Waals surface area contributed by atoms with E-state index in [-0.39, 0.29) is 6.04 Å². The average molecular weight is 345 g/mol. The van der Waals surface area contributed by atoms with Gasteiger partial charge in [-0.1, -0.05) is 44.5 Å². The van der Waals surface area contributed by atoms with Gasteiger partial charge in [0, 0.05) is 12.3 Å². The van der Waals surface area contributed by atoms with Crippen molar-refractivity contribution in [1.29, 1.82) is 5.26 Å². The van der Waals surface area contributed by atoms with Crippen LogP contribution in [0.15, 0.2) is 22.1 Å². The lowest BCUT2D eigenvalue weighted by atomic mass is 9.83. The number of thioether (sulfide) groups is 1. The maximum Gasteiger partial charge on any atom is 0.166 e. The van der Waals surface area contributed by atoms with Crippen LogP contribution in [0.4, 0.5) is 0 Å². The number of amidine groups is 2. The zero-order chi connectivity index (χ0) is 17.4. The van der Waals surface area contributed by atoms with Gasteiger partial charge in [-0.2, -0.15) is 5.26 Å². The lowest BCUT2D eigenvalue weighted by Crippen LogP contribution is -2.47. The van der Waals surface area contributed by atoms with E-state index in [1.165, 1.54) is 25.7 Å². The van der Waals surface area contributed by atoms with Gasteiger partial charge in [-0.15, -0.1) is 0 Å². The van der Waals surface area contributed by atoms with Crippen molar-refractivity contribution in [2.24, 2.45) is 21.3 Å². The van der Waals surface area contributed by atoms with E-state index < -0.39 is 5.41 Å². The van der Waals surface area contributed by atoms with E-state index in [1.54, 1.807) is 0 Å². The van der Waals surface area contributed by atoms with Crippen molar-refractivity contribution in [2.45, 2.75) is 65.0 Å². The van der Waals surface area contributed by atoms with Crippen LogP contribution in [-0.2, 0) is 0 Å². The van der Waals surface area contributed by atoms with Crippen LogP contribution in [0.5, 0.6) is 0 Å². The van der Waals surface area contributed by atoms with Gasteiger partial charge in [-0.25, -0.2) is 4.99 Å². The maximum absolute atomic E-state index is 9.35. The molecule has 3 aliphatic rings. The fourth-order valence-electron chi connectivity index (χ4n) is 3.79. The Morgan fingerprint density at radius 2 is 2.17 bits per heavy atom. The molecule has 5 heteroatoms. The molecule has 0 bridgehead atoms. The Morgan fingerprint density at radius 3 is 2.75 bits per heavy atom. The molecular formula is C19H28N4S. The van der Waals surface area contributed by atoms with Gasteiger partial charge in [0.2, 0.25) is 0 Å². The van der Waals surface area contributed by atoms with E-state index in [4.69, 9.17) is 4.99 Å². The lowest BCUT2D eigenvalue weighted by molar-refractivity contribution is 0.198. The van der Waals surface area contributed by atoms with E-state index in [0.29, 0.717) is 11.5 Å². The van der Waals surface area contributed by atoms with E-state index in [9.17, 15) is 5.26 Å². The molecule has 2 unspecified atom stereocenters. The number of hydrogen-bond donors (Lipinski definition) is 0. The number of dihydropyridines is 1. The molecule has 1 saturated heterocycles. The van der Waals surface area contributed by atoms with Crippen LogP contribution < -0.4 is 0 Å². The third-order valence-electron chi connectivity index (χ3n) is 5.58. The van der Waals surface area contributed by atoms with E-state index in [2.05, 4.69) is 29.8 Å². The van der Waals surface area contributed by atoms with E-state index in [0.717, 1.165) is 23.3 Å². The van der Waals surface area contributed by atoms with Crippen molar-refractivity contribution < 1.29 is 0 Å². The van der Waals surface area contributed by atoms with Crippen LogP contribution in [0, 0.1) is 22.7 Å². The molecule has 2 atom stereocenters. The highest BCUT2D eigenvalue weighted by atomic mass is 32.2. The molecule has 2 fully saturated rings. The Bertz CT molecular complexity index is 622. The SMILES string of the molecule is CC(C)CN1C(=NC2=NC(C)C(C)(C#N)C=C2)SCC12CCCC2. The Labute approximate surface area is 150 Å². The van der Waals surface area contributed by atoms with Crippen molar-refractivity contribution >= 4 is 22.8 Å². The van der Waals surface area contributed by atoms with Gasteiger partial charge >= 0.3 is 0 Å². The average Bonchev–Trinajstić information content (AvgIpc) is 3.14. The molecule has 0 N–H and O–H groups in total. The zero-order valence-electron chi connectivity index (χ0n) is 15.2. The number of nitriles is 1. The van der Waals surface area contributed by atoms with E-state index >= 15 is 0 Å². The van der Waals surface area contributed by atoms with Crippen molar-refractivity contribution in [3.63, 3.8) is 0 Å². The maximum atomic E-state index is 9.35. The van der Waals surface area contributed by atoms with Crippen LogP contribution in [0.1, 0.15) is 53.4 Å². The van der Waals surface area contributed by atoms with Gasteiger partial charge in [-0.3, -0.25) is 4.99 Å². The first-order valence-electron chi connectivity index (χ1n) is 9.06. The van der Waals surface area contributed by atoms with Crippen molar-refractivity contribution in [3.05, 3.63) is 12.2 Å². The summed E-state index contributed by atoms with van der Waals surface area (Å²) in [4.78, 5) is 12.1. The Balaban J connectivity index is 1.86. The van der Waals surface area contributed by atoms with Crippen molar-refractivity contribution in [3.8, 4) is 6.07 Å². The molecule has 3 rings (SSSR count). The molecular weight excluding hydrogens is 316 g/mol. The monoisotopic (exact) mass is 344 g/mol. The molecule has 4 nitrogen and oxygen atoms in total. The first-order chi connectivity index (χ1) is 11.4. The van der Waals surface area contributed by atoms with Gasteiger partial charge in [0.15, 0.2) is 5.17 Å². The molecule has 0 amide bonds. The van der Waals surface area contributed by atoms with Crippen LogP contribution in [0.2, 0.25) is 0 Å². The fourth-order valence-corrected chi connectivity index (χ4v) is 5.22. The van der Waals surface area contributed by atoms with Crippen molar-refractivity contribution in [2.75, 3.05) is 12.3 Å². The topological polar surface area (TPSA) is 51.8 Å². The van der Waals surface area contributed by atoms with Gasteiger partial charge in [-0.05, 0) is 38.7 Å². The highest BCUT2D eigenvalue weighted by molar-refractivity contribution is 8.14. The molecule has 24 heavy (non-hydrogen) atoms. The molecule has 2 aliphatic heterocycles. The van der Waals surface area contributed by atoms with Gasteiger partial charge < -0.3 is 4.90 Å². The molecule has 0 radical (unpaired) electrons. The smallest absolute Gasteiger partial charge is 0.166 e. The Kier molecular flexibility index (Phi) is 4.79. The molecule has 0 aromatic rings. The van der Waals surface area contributed by atoms with Crippen LogP contribution in [-0.4, -0.2) is 39.8 Å². The zero-order valence-corrected chi connectivity index (χ0v) is 16.1. The third kappa shape index (κ3) is 3.13. The second-order valence-corrected chi connectivity index (χ2v) is 8.95. The molecule has 0 aromatic heterocycles. The minimum Gasteiger partial charge on any atom is -0.344 e. The molecule has 0 aromatic carbocycles. The van der Waals surface area contributed by atoms with Crippen molar-refractivity contribution in [1.82, 2.24) is 4.90 Å². The molecule has 1 spiro atoms. The second-order valence-electron chi connectivity index (χ2n) is 8.01. The Morgan fingerprint density at radius 1 is 1.46 bits per heavy atom. The summed E-state index contributed by atoms with van der Waals surface area (Å²) in [5.74, 6) is 2.54. The fraction of sp³-hybridized carbons (Fsp3) is 0.737. The highest BCUT2D eigenvalue weighted by Crippen LogP contribution is 2.45. The van der Waals surface area contributed by atoms with Gasteiger partial charge in [0.05, 0.1) is 23.1 Å². The summed E-state index contributed by atoms with van der Waals surface area (Å²) in [6.45, 7) is 9.56. The van der Waals surface area contributed by atoms with Gasteiger partial charge in [0.25, 0.3) is 0 Å². The summed E-state index contributed by atoms with van der Waals surface area (Å²) in [6, 6.07) is 2.30. The van der Waals surface area contributed by atoms with Crippen LogP contribution >= 0.6 is 11.8 Å². The number of nitrogens with zero attached hydrogens (tertiary/aromatic N) is 4.